The van der Waals surface area contributed by atoms with E-state index in [9.17, 15) is 4.79 Å². The fourth-order valence-electron chi connectivity index (χ4n) is 3.76. The summed E-state index contributed by atoms with van der Waals surface area (Å²) in [5, 5.41) is 3.65. The van der Waals surface area contributed by atoms with E-state index >= 15 is 0 Å². The Bertz CT molecular complexity index is 1010. The van der Waals surface area contributed by atoms with Crippen molar-refractivity contribution in [2.24, 2.45) is 0 Å². The largest absolute Gasteiger partial charge is 1.00 e. The quantitative estimate of drug-likeness (QED) is 0.272. The molecule has 0 radical (unpaired) electrons. The monoisotopic (exact) mass is 476 g/mol. The molecule has 0 aliphatic carbocycles. The van der Waals surface area contributed by atoms with Crippen LogP contribution in [0.1, 0.15) is 5.56 Å². The van der Waals surface area contributed by atoms with Gasteiger partial charge in [0.25, 0.3) is 0 Å². The number of benzene rings is 4. The van der Waals surface area contributed by atoms with Crippen molar-refractivity contribution in [3.05, 3.63) is 127 Å². The molecule has 5 heteroatoms. The third-order valence-corrected chi connectivity index (χ3v) is 9.45. The van der Waals surface area contributed by atoms with Crippen molar-refractivity contribution in [2.45, 2.75) is 6.61 Å². The second kappa shape index (κ2) is 12.3. The van der Waals surface area contributed by atoms with Crippen LogP contribution in [0.2, 0.25) is 0 Å². The second-order valence-corrected chi connectivity index (χ2v) is 10.9. The third-order valence-electron chi connectivity index (χ3n) is 5.34. The molecule has 0 atom stereocenters. The van der Waals surface area contributed by atoms with Gasteiger partial charge < -0.3 is 21.9 Å². The molecule has 0 N–H and O–H groups in total. The first-order valence-electron chi connectivity index (χ1n) is 10.6. The highest BCUT2D eigenvalue weighted by atomic mass is 35.5. The van der Waals surface area contributed by atoms with Gasteiger partial charge in [0.15, 0.2) is 6.35 Å². The summed E-state index contributed by atoms with van der Waals surface area (Å²) in [6, 6.07) is 41.0. The van der Waals surface area contributed by atoms with E-state index in [1.165, 1.54) is 15.9 Å². The van der Waals surface area contributed by atoms with Gasteiger partial charge in [0, 0.05) is 0 Å². The lowest BCUT2D eigenvalue weighted by Crippen LogP contribution is -3.00. The average Bonchev–Trinajstić information content (AvgIpc) is 2.88. The molecule has 0 aromatic heterocycles. The van der Waals surface area contributed by atoms with E-state index in [1.54, 1.807) is 0 Å². The van der Waals surface area contributed by atoms with E-state index < -0.39 is 7.26 Å². The molecule has 4 aromatic rings. The van der Waals surface area contributed by atoms with Crippen LogP contribution in [-0.2, 0) is 20.9 Å². The molecule has 0 unspecified atom stereocenters. The molecule has 33 heavy (non-hydrogen) atoms. The van der Waals surface area contributed by atoms with Gasteiger partial charge in [-0.2, -0.15) is 0 Å². The number of carbonyl (C=O) groups is 1. The maximum atomic E-state index is 12.4. The number of rotatable bonds is 9. The minimum atomic E-state index is -2.12. The molecule has 0 fully saturated rings. The van der Waals surface area contributed by atoms with Crippen LogP contribution < -0.4 is 28.3 Å². The number of halogens is 1. The first-order valence-corrected chi connectivity index (χ1v) is 12.6. The van der Waals surface area contributed by atoms with Gasteiger partial charge in [-0.05, 0) is 42.0 Å². The fourth-order valence-corrected chi connectivity index (χ4v) is 7.51. The lowest BCUT2D eigenvalue weighted by Gasteiger charge is -2.27. The van der Waals surface area contributed by atoms with Crippen molar-refractivity contribution in [3.63, 3.8) is 0 Å². The number of ether oxygens (including phenoxy) is 2. The number of hydrogen-bond acceptors (Lipinski definition) is 3. The SMILES string of the molecule is O=C(COC[P+](c1ccccc1)(c1ccccc1)c1ccccc1)OCc1ccccc1.[Cl-]. The molecule has 4 aromatic carbocycles. The second-order valence-electron chi connectivity index (χ2n) is 7.44. The zero-order valence-corrected chi connectivity index (χ0v) is 19.9. The Morgan fingerprint density at radius 3 is 1.42 bits per heavy atom. The Morgan fingerprint density at radius 1 is 0.606 bits per heavy atom. The molecule has 168 valence electrons. The molecule has 0 saturated heterocycles. The molecule has 0 aliphatic rings. The summed E-state index contributed by atoms with van der Waals surface area (Å²) in [4.78, 5) is 12.4. The fraction of sp³-hybridized carbons (Fsp3) is 0.107. The van der Waals surface area contributed by atoms with Crippen LogP contribution >= 0.6 is 7.26 Å². The van der Waals surface area contributed by atoms with E-state index in [0.717, 1.165) is 5.56 Å². The van der Waals surface area contributed by atoms with Crippen molar-refractivity contribution in [2.75, 3.05) is 13.0 Å². The normalized spacial score (nSPS) is 10.8. The average molecular weight is 477 g/mol. The standard InChI is InChI=1S/C28H26O3P.ClH/c29-28(31-21-24-13-5-1-6-14-24)22-30-23-32(25-15-7-2-8-16-25,26-17-9-3-10-18-26)27-19-11-4-12-20-27;/h1-20H,21-23H2;1H/q+1;/p-1. The van der Waals surface area contributed by atoms with Gasteiger partial charge in [0.1, 0.15) is 36.4 Å². The summed E-state index contributed by atoms with van der Waals surface area (Å²) in [6.07, 6.45) is 0.422. The maximum Gasteiger partial charge on any atom is 0.332 e. The molecule has 4 rings (SSSR count). The van der Waals surface area contributed by atoms with E-state index in [2.05, 4.69) is 72.8 Å². The van der Waals surface area contributed by atoms with Crippen molar-refractivity contribution in [1.29, 1.82) is 0 Å². The van der Waals surface area contributed by atoms with Crippen molar-refractivity contribution in [3.8, 4) is 0 Å². The van der Waals surface area contributed by atoms with E-state index in [-0.39, 0.29) is 31.6 Å². The topological polar surface area (TPSA) is 35.5 Å². The molecule has 0 heterocycles. The van der Waals surface area contributed by atoms with Crippen LogP contribution in [0, 0.1) is 0 Å². The minimum absolute atomic E-state index is 0. The molecule has 0 aliphatic heterocycles. The zero-order valence-electron chi connectivity index (χ0n) is 18.2. The van der Waals surface area contributed by atoms with Crippen LogP contribution in [-0.4, -0.2) is 18.9 Å². The van der Waals surface area contributed by atoms with E-state index in [4.69, 9.17) is 9.47 Å². The summed E-state index contributed by atoms with van der Waals surface area (Å²) in [7, 11) is -2.12. The summed E-state index contributed by atoms with van der Waals surface area (Å²) < 4.78 is 11.5. The molecule has 3 nitrogen and oxygen atoms in total. The lowest BCUT2D eigenvalue weighted by molar-refractivity contribution is -0.149. The predicted octanol–water partition coefficient (Wildman–Crippen LogP) is 1.70. The van der Waals surface area contributed by atoms with Crippen LogP contribution in [0.5, 0.6) is 0 Å². The van der Waals surface area contributed by atoms with E-state index in [1.807, 2.05) is 48.5 Å². The van der Waals surface area contributed by atoms with Crippen LogP contribution in [0.3, 0.4) is 0 Å². The van der Waals surface area contributed by atoms with Gasteiger partial charge >= 0.3 is 5.97 Å². The predicted molar refractivity (Wildman–Crippen MR) is 132 cm³/mol. The summed E-state index contributed by atoms with van der Waals surface area (Å²) in [6.45, 7) is 0.167. The number of esters is 1. The first kappa shape index (κ1) is 24.7. The van der Waals surface area contributed by atoms with Gasteiger partial charge in [0.2, 0.25) is 0 Å². The molecule has 0 amide bonds. The van der Waals surface area contributed by atoms with E-state index in [0.29, 0.717) is 6.35 Å². The Hall–Kier alpha value is -2.97. The molecule has 0 spiro atoms. The number of carbonyl (C=O) groups excluding carboxylic acids is 1. The summed E-state index contributed by atoms with van der Waals surface area (Å²) in [5.74, 6) is -0.360. The molecular formula is C28H26ClO3P. The van der Waals surface area contributed by atoms with Gasteiger partial charge in [-0.25, -0.2) is 4.79 Å². The Morgan fingerprint density at radius 2 is 1.00 bits per heavy atom. The van der Waals surface area contributed by atoms with Gasteiger partial charge in [-0.15, -0.1) is 0 Å². The number of hydrogen-bond donors (Lipinski definition) is 0. The Kier molecular flexibility index (Phi) is 9.21. The highest BCUT2D eigenvalue weighted by Crippen LogP contribution is 2.55. The molecular weight excluding hydrogens is 451 g/mol. The third kappa shape index (κ3) is 6.09. The Balaban J connectivity index is 0.00000306. The van der Waals surface area contributed by atoms with Crippen molar-refractivity contribution >= 4 is 29.1 Å². The minimum Gasteiger partial charge on any atom is -1.00 e. The Labute approximate surface area is 202 Å². The van der Waals surface area contributed by atoms with Crippen LogP contribution in [0.15, 0.2) is 121 Å². The van der Waals surface area contributed by atoms with Gasteiger partial charge in [-0.3, -0.25) is 0 Å². The highest BCUT2D eigenvalue weighted by Gasteiger charge is 2.45. The summed E-state index contributed by atoms with van der Waals surface area (Å²) in [5.41, 5.74) is 0.959. The lowest BCUT2D eigenvalue weighted by atomic mass is 10.2. The van der Waals surface area contributed by atoms with Crippen molar-refractivity contribution in [1.82, 2.24) is 0 Å². The first-order chi connectivity index (χ1) is 15.8. The van der Waals surface area contributed by atoms with Crippen LogP contribution in [0.25, 0.3) is 0 Å². The van der Waals surface area contributed by atoms with Gasteiger partial charge in [0.05, 0.1) is 0 Å². The smallest absolute Gasteiger partial charge is 0.332 e. The molecule has 0 saturated carbocycles. The van der Waals surface area contributed by atoms with Gasteiger partial charge in [-0.1, -0.05) is 84.9 Å². The maximum absolute atomic E-state index is 12.4. The van der Waals surface area contributed by atoms with Crippen LogP contribution in [0.4, 0.5) is 0 Å². The highest BCUT2D eigenvalue weighted by molar-refractivity contribution is 7.95. The van der Waals surface area contributed by atoms with Crippen molar-refractivity contribution < 1.29 is 26.7 Å². The summed E-state index contributed by atoms with van der Waals surface area (Å²) >= 11 is 0. The zero-order chi connectivity index (χ0) is 22.1. The molecule has 0 bridgehead atoms.